The fourth-order valence-corrected chi connectivity index (χ4v) is 5.84. The largest absolute Gasteiger partial charge is 0.325 e. The van der Waals surface area contributed by atoms with Gasteiger partial charge in [0.05, 0.1) is 5.69 Å². The minimum absolute atomic E-state index is 0.157. The number of piperidine rings is 1. The molecule has 2 saturated heterocycles. The predicted octanol–water partition coefficient (Wildman–Crippen LogP) is 4.32. The number of thiophene rings is 1. The maximum absolute atomic E-state index is 14.2. The molecule has 1 N–H and O–H groups in total. The zero-order valence-corrected chi connectivity index (χ0v) is 19.9. The predicted molar refractivity (Wildman–Crippen MR) is 129 cm³/mol. The van der Waals surface area contributed by atoms with E-state index < -0.39 is 23.2 Å². The van der Waals surface area contributed by atoms with Gasteiger partial charge in [0.25, 0.3) is 5.91 Å². The number of hydrogen-bond acceptors (Lipinski definition) is 5. The van der Waals surface area contributed by atoms with Crippen LogP contribution in [0.1, 0.15) is 29.0 Å². The summed E-state index contributed by atoms with van der Waals surface area (Å²) in [5.41, 5.74) is -0.240. The van der Waals surface area contributed by atoms with Gasteiger partial charge in [0.1, 0.15) is 11.6 Å². The molecule has 6 nitrogen and oxygen atoms in total. The number of carbonyl (C=O) groups is 2. The van der Waals surface area contributed by atoms with Crippen molar-refractivity contribution in [3.05, 3.63) is 87.9 Å². The lowest BCUT2D eigenvalue weighted by atomic mass is 9.75. The van der Waals surface area contributed by atoms with Crippen LogP contribution in [-0.2, 0) is 23.3 Å². The molecule has 9 heteroatoms. The summed E-state index contributed by atoms with van der Waals surface area (Å²) in [7, 11) is 0. The Morgan fingerprint density at radius 3 is 2.60 bits per heavy atom. The van der Waals surface area contributed by atoms with E-state index in [4.69, 9.17) is 0 Å². The van der Waals surface area contributed by atoms with Crippen molar-refractivity contribution in [2.75, 3.05) is 19.6 Å². The zero-order chi connectivity index (χ0) is 24.4. The van der Waals surface area contributed by atoms with Gasteiger partial charge in [-0.3, -0.25) is 19.6 Å². The molecule has 1 unspecified atom stereocenters. The number of nitrogens with zero attached hydrogens (tertiary/aromatic N) is 3. The molecule has 0 bridgehead atoms. The third kappa shape index (κ3) is 4.58. The molecule has 0 saturated carbocycles. The maximum atomic E-state index is 14.2. The fourth-order valence-electron chi connectivity index (χ4n) is 5.14. The minimum atomic E-state index is -1.22. The summed E-state index contributed by atoms with van der Waals surface area (Å²) in [6.07, 6.45) is 3.50. The summed E-state index contributed by atoms with van der Waals surface area (Å²) in [5.74, 6) is -1.58. The summed E-state index contributed by atoms with van der Waals surface area (Å²) in [5, 5.41) is 5.00. The average molecular weight is 497 g/mol. The van der Waals surface area contributed by atoms with E-state index in [1.54, 1.807) is 29.7 Å². The number of carbonyl (C=O) groups excluding carboxylic acids is 2. The number of rotatable bonds is 7. The van der Waals surface area contributed by atoms with Crippen LogP contribution in [-0.4, -0.2) is 46.4 Å². The molecule has 2 fully saturated rings. The fraction of sp³-hybridized carbons (Fsp3) is 0.346. The molecule has 1 aromatic carbocycles. The number of urea groups is 1. The second-order valence-electron chi connectivity index (χ2n) is 9.03. The number of pyridine rings is 1. The third-order valence-electron chi connectivity index (χ3n) is 6.97. The first-order valence-corrected chi connectivity index (χ1v) is 12.6. The summed E-state index contributed by atoms with van der Waals surface area (Å²) >= 11 is 1.60. The van der Waals surface area contributed by atoms with Crippen LogP contribution in [0, 0.1) is 17.6 Å². The number of aromatic nitrogens is 1. The van der Waals surface area contributed by atoms with Crippen molar-refractivity contribution < 1.29 is 18.4 Å². The van der Waals surface area contributed by atoms with E-state index >= 15 is 0 Å². The van der Waals surface area contributed by atoms with Gasteiger partial charge >= 0.3 is 6.03 Å². The average Bonchev–Trinajstić information content (AvgIpc) is 3.47. The summed E-state index contributed by atoms with van der Waals surface area (Å²) < 4.78 is 27.4. The number of nitrogens with one attached hydrogen (secondary N) is 1. The van der Waals surface area contributed by atoms with Gasteiger partial charge in [0.15, 0.2) is 5.54 Å². The highest BCUT2D eigenvalue weighted by molar-refractivity contribution is 7.09. The Bertz CT molecular complexity index is 1200. The van der Waals surface area contributed by atoms with Gasteiger partial charge in [-0.2, -0.15) is 0 Å². The molecule has 0 radical (unpaired) electrons. The molecule has 2 aliphatic rings. The SMILES string of the molecule is O=C1NC(c2ccccn2)(C2CCN(Cc3ccc(F)cc3F)CC2)C(=O)N1CCc1cccs1. The summed E-state index contributed by atoms with van der Waals surface area (Å²) in [6.45, 7) is 1.91. The molecule has 2 aliphatic heterocycles. The van der Waals surface area contributed by atoms with Crippen molar-refractivity contribution in [2.24, 2.45) is 5.92 Å². The number of likely N-dealkylation sites (tertiary alicyclic amines) is 1. The Morgan fingerprint density at radius 2 is 1.91 bits per heavy atom. The molecule has 4 heterocycles. The Morgan fingerprint density at radius 1 is 1.09 bits per heavy atom. The van der Waals surface area contributed by atoms with Crippen LogP contribution in [0.3, 0.4) is 0 Å². The first-order chi connectivity index (χ1) is 17.0. The molecule has 5 rings (SSSR count). The van der Waals surface area contributed by atoms with E-state index in [9.17, 15) is 18.4 Å². The topological polar surface area (TPSA) is 65.5 Å². The maximum Gasteiger partial charge on any atom is 0.325 e. The standard InChI is InChI=1S/C26H26F2N4O2S/c27-20-7-6-18(22(28)16-20)17-31-12-8-19(9-13-31)26(23-5-1-2-11-29-23)24(33)32(25(34)30-26)14-10-21-4-3-15-35-21/h1-7,11,15-16,19H,8-10,12-14,17H2,(H,30,34). The molecule has 3 aromatic rings. The highest BCUT2D eigenvalue weighted by Gasteiger charge is 2.57. The number of imide groups is 1. The Labute approximate surface area is 206 Å². The molecule has 182 valence electrons. The second-order valence-corrected chi connectivity index (χ2v) is 10.1. The van der Waals surface area contributed by atoms with Gasteiger partial charge in [0.2, 0.25) is 0 Å². The van der Waals surface area contributed by atoms with Crippen molar-refractivity contribution >= 4 is 23.3 Å². The number of benzene rings is 1. The summed E-state index contributed by atoms with van der Waals surface area (Å²) in [4.78, 5) is 35.9. The van der Waals surface area contributed by atoms with Crippen molar-refractivity contribution in [3.8, 4) is 0 Å². The highest BCUT2D eigenvalue weighted by atomic mass is 32.1. The van der Waals surface area contributed by atoms with Crippen molar-refractivity contribution in [1.82, 2.24) is 20.1 Å². The van der Waals surface area contributed by atoms with E-state index in [0.29, 0.717) is 56.7 Å². The van der Waals surface area contributed by atoms with Crippen LogP contribution in [0.5, 0.6) is 0 Å². The Kier molecular flexibility index (Phi) is 6.62. The molecule has 0 spiro atoms. The number of amides is 3. The van der Waals surface area contributed by atoms with E-state index in [1.165, 1.54) is 17.0 Å². The first kappa shape index (κ1) is 23.6. The van der Waals surface area contributed by atoms with E-state index in [2.05, 4.69) is 15.2 Å². The molecular formula is C26H26F2N4O2S. The lowest BCUT2D eigenvalue weighted by Gasteiger charge is -2.40. The van der Waals surface area contributed by atoms with Crippen molar-refractivity contribution in [3.63, 3.8) is 0 Å². The Hall–Kier alpha value is -3.17. The Balaban J connectivity index is 1.34. The van der Waals surface area contributed by atoms with Gasteiger partial charge in [-0.25, -0.2) is 13.6 Å². The van der Waals surface area contributed by atoms with Crippen LogP contribution in [0.25, 0.3) is 0 Å². The monoisotopic (exact) mass is 496 g/mol. The van der Waals surface area contributed by atoms with Gasteiger partial charge in [0, 0.05) is 35.8 Å². The molecule has 35 heavy (non-hydrogen) atoms. The van der Waals surface area contributed by atoms with Crippen molar-refractivity contribution in [1.29, 1.82) is 0 Å². The smallest absolute Gasteiger partial charge is 0.318 e. The quantitative estimate of drug-likeness (QED) is 0.495. The normalized spacial score (nSPS) is 21.5. The lowest BCUT2D eigenvalue weighted by molar-refractivity contribution is -0.134. The van der Waals surface area contributed by atoms with Crippen LogP contribution in [0.2, 0.25) is 0 Å². The number of hydrogen-bond donors (Lipinski definition) is 1. The van der Waals surface area contributed by atoms with E-state index in [1.807, 2.05) is 23.6 Å². The molecule has 2 aromatic heterocycles. The van der Waals surface area contributed by atoms with E-state index in [0.717, 1.165) is 10.9 Å². The second kappa shape index (κ2) is 9.83. The van der Waals surface area contributed by atoms with Crippen molar-refractivity contribution in [2.45, 2.75) is 31.3 Å². The lowest BCUT2D eigenvalue weighted by Crippen LogP contribution is -2.54. The highest BCUT2D eigenvalue weighted by Crippen LogP contribution is 2.41. The number of halogens is 2. The molecular weight excluding hydrogens is 470 g/mol. The van der Waals surface area contributed by atoms with Gasteiger partial charge < -0.3 is 5.32 Å². The van der Waals surface area contributed by atoms with E-state index in [-0.39, 0.29) is 11.8 Å². The minimum Gasteiger partial charge on any atom is -0.318 e. The molecule has 0 aliphatic carbocycles. The summed E-state index contributed by atoms with van der Waals surface area (Å²) in [6, 6.07) is 12.6. The first-order valence-electron chi connectivity index (χ1n) is 11.7. The van der Waals surface area contributed by atoms with Crippen LogP contribution >= 0.6 is 11.3 Å². The van der Waals surface area contributed by atoms with Gasteiger partial charge in [-0.05, 0) is 67.9 Å². The van der Waals surface area contributed by atoms with Crippen LogP contribution in [0.15, 0.2) is 60.1 Å². The van der Waals surface area contributed by atoms with Crippen LogP contribution in [0.4, 0.5) is 13.6 Å². The third-order valence-corrected chi connectivity index (χ3v) is 7.91. The van der Waals surface area contributed by atoms with Gasteiger partial charge in [-0.1, -0.05) is 18.2 Å². The molecule has 1 atom stereocenters. The molecule has 3 amide bonds. The van der Waals surface area contributed by atoms with Crippen LogP contribution < -0.4 is 5.32 Å². The van der Waals surface area contributed by atoms with Gasteiger partial charge in [-0.15, -0.1) is 11.3 Å². The zero-order valence-electron chi connectivity index (χ0n) is 19.1.